The van der Waals surface area contributed by atoms with Crippen LogP contribution in [0.5, 0.6) is 34.5 Å². The van der Waals surface area contributed by atoms with Gasteiger partial charge < -0.3 is 41.8 Å². The maximum absolute atomic E-state index is 12.3. The molecule has 0 unspecified atom stereocenters. The summed E-state index contributed by atoms with van der Waals surface area (Å²) in [5, 5.41) is 11.6. The predicted molar refractivity (Wildman–Crippen MR) is 287 cm³/mol. The maximum atomic E-state index is 12.3. The number of phosphoric acid groups is 3. The van der Waals surface area contributed by atoms with E-state index >= 15 is 0 Å². The Hall–Kier alpha value is -6.91. The van der Waals surface area contributed by atoms with Gasteiger partial charge in [-0.1, -0.05) is 182 Å². The molecule has 1 radical (unpaired) electrons. The second-order valence-corrected chi connectivity index (χ2v) is 21.6. The van der Waals surface area contributed by atoms with Gasteiger partial charge in [0, 0.05) is 33.4 Å². The van der Waals surface area contributed by atoms with Crippen LogP contribution in [0, 0.1) is 46.9 Å². The number of rotatable bonds is 0. The average molecular weight is 1210 g/mol. The summed E-state index contributed by atoms with van der Waals surface area (Å²) in [4.78, 5) is 36.8. The predicted octanol–water partition coefficient (Wildman–Crippen LogP) is 14.7. The molecular formula is C60H36O12P3Yb. The van der Waals surface area contributed by atoms with Crippen molar-refractivity contribution < 1.29 is 102 Å². The van der Waals surface area contributed by atoms with E-state index in [9.17, 15) is 28.4 Å². The normalized spacial score (nSPS) is 14.7. The van der Waals surface area contributed by atoms with Crippen molar-refractivity contribution in [2.75, 3.05) is 0 Å². The summed E-state index contributed by atoms with van der Waals surface area (Å²) in [6, 6.07) is 68.2. The fourth-order valence-electron chi connectivity index (χ4n) is 10.3. The molecule has 377 valence electrons. The molecule has 0 amide bonds. The zero-order valence-electron chi connectivity index (χ0n) is 39.3. The Morgan fingerprint density at radius 1 is 0.224 bits per heavy atom. The van der Waals surface area contributed by atoms with E-state index in [-0.39, 0.29) is 81.4 Å². The summed E-state index contributed by atoms with van der Waals surface area (Å²) in [5.41, 5.74) is 4.41. The van der Waals surface area contributed by atoms with Crippen molar-refractivity contribution in [2.24, 2.45) is 0 Å². The first-order valence-corrected chi connectivity index (χ1v) is 28.0. The monoisotopic (exact) mass is 1220 g/mol. The van der Waals surface area contributed by atoms with Crippen molar-refractivity contribution in [3.63, 3.8) is 0 Å². The van der Waals surface area contributed by atoms with Gasteiger partial charge in [0.05, 0.1) is 0 Å². The van der Waals surface area contributed by atoms with Crippen LogP contribution in [0.25, 0.3) is 98.0 Å². The van der Waals surface area contributed by atoms with E-state index in [0.717, 1.165) is 98.0 Å². The standard InChI is InChI=1S/3C20H13O4P.Yb/c3*21-25(22)23-17-11-9-13-5-1-3-7-15(13)19(17)20-16-8-4-2-6-14(16)10-12-18(20)24-25;/h3*1-12H,(H,21,22);/q;;;+3/p-3. The Labute approximate surface area is 472 Å². The molecule has 0 aliphatic carbocycles. The zero-order valence-corrected chi connectivity index (χ0v) is 43.7. The molecule has 15 rings (SSSR count). The summed E-state index contributed by atoms with van der Waals surface area (Å²) in [6.45, 7) is 0. The average Bonchev–Trinajstić information content (AvgIpc) is 3.81. The summed E-state index contributed by atoms with van der Waals surface area (Å²) in [6.07, 6.45) is 0. The van der Waals surface area contributed by atoms with Crippen LogP contribution >= 0.6 is 23.5 Å². The summed E-state index contributed by atoms with van der Waals surface area (Å²) >= 11 is 0. The van der Waals surface area contributed by atoms with Gasteiger partial charge in [0.25, 0.3) is 0 Å². The van der Waals surface area contributed by atoms with E-state index < -0.39 is 23.5 Å². The van der Waals surface area contributed by atoms with Crippen molar-refractivity contribution in [2.45, 2.75) is 0 Å². The molecule has 0 saturated heterocycles. The quantitative estimate of drug-likeness (QED) is 0.132. The van der Waals surface area contributed by atoms with Gasteiger partial charge in [0.1, 0.15) is 34.5 Å². The third-order valence-corrected chi connectivity index (χ3v) is 15.9. The summed E-state index contributed by atoms with van der Waals surface area (Å²) < 4.78 is 68.3. The fourth-order valence-corrected chi connectivity index (χ4v) is 12.8. The smallest absolute Gasteiger partial charge is 0.736 e. The largest absolute Gasteiger partial charge is 3.00 e. The zero-order chi connectivity index (χ0) is 51.1. The van der Waals surface area contributed by atoms with E-state index in [4.69, 9.17) is 27.1 Å². The molecule has 3 aliphatic rings. The van der Waals surface area contributed by atoms with Crippen LogP contribution in [0.4, 0.5) is 0 Å². The Bertz CT molecular complexity index is 3780. The molecule has 0 spiro atoms. The minimum absolute atomic E-state index is 0. The van der Waals surface area contributed by atoms with Gasteiger partial charge in [0.2, 0.25) is 0 Å². The molecule has 0 N–H and O–H groups in total. The molecule has 12 nitrogen and oxygen atoms in total. The molecule has 76 heavy (non-hydrogen) atoms. The van der Waals surface area contributed by atoms with Crippen molar-refractivity contribution in [3.05, 3.63) is 218 Å². The summed E-state index contributed by atoms with van der Waals surface area (Å²) in [7, 11) is -13.5. The van der Waals surface area contributed by atoms with Gasteiger partial charge in [-0.3, -0.25) is 0 Å². The molecule has 0 fully saturated rings. The Morgan fingerprint density at radius 3 is 0.526 bits per heavy atom. The number of benzene rings is 12. The van der Waals surface area contributed by atoms with E-state index in [1.54, 1.807) is 36.4 Å². The van der Waals surface area contributed by atoms with Crippen molar-refractivity contribution in [1.29, 1.82) is 0 Å². The fraction of sp³-hybridized carbons (Fsp3) is 0. The van der Waals surface area contributed by atoms with Crippen LogP contribution in [0.3, 0.4) is 0 Å². The first kappa shape index (κ1) is 49.9. The molecule has 12 aromatic carbocycles. The molecule has 16 heteroatoms. The van der Waals surface area contributed by atoms with Crippen molar-refractivity contribution in [3.8, 4) is 67.9 Å². The first-order valence-electron chi connectivity index (χ1n) is 23.6. The van der Waals surface area contributed by atoms with Crippen LogP contribution in [0.2, 0.25) is 0 Å². The minimum atomic E-state index is -4.50. The molecule has 0 saturated carbocycles. The summed E-state index contributed by atoms with van der Waals surface area (Å²) in [5.74, 6) is 1.71. The van der Waals surface area contributed by atoms with Crippen molar-refractivity contribution in [1.82, 2.24) is 0 Å². The number of fused-ring (bicyclic) bond motifs is 21. The van der Waals surface area contributed by atoms with Gasteiger partial charge in [-0.15, -0.1) is 0 Å². The number of phosphoric ester groups is 3. The van der Waals surface area contributed by atoms with Gasteiger partial charge in [-0.2, -0.15) is 0 Å². The van der Waals surface area contributed by atoms with E-state index in [1.807, 2.05) is 182 Å². The van der Waals surface area contributed by atoms with Crippen LogP contribution in [-0.4, -0.2) is 0 Å². The van der Waals surface area contributed by atoms with Gasteiger partial charge in [-0.25, -0.2) is 13.7 Å². The van der Waals surface area contributed by atoms with Gasteiger partial charge in [0.15, 0.2) is 0 Å². The topological polar surface area (TPSA) is 176 Å². The number of hydrogen-bond acceptors (Lipinski definition) is 12. The number of hydrogen-bond donors (Lipinski definition) is 0. The van der Waals surface area contributed by atoms with Gasteiger partial charge >= 0.3 is 70.4 Å². The van der Waals surface area contributed by atoms with E-state index in [0.29, 0.717) is 0 Å². The molecule has 3 heterocycles. The molecule has 3 aliphatic heterocycles. The maximum Gasteiger partial charge on any atom is 3.00 e. The molecule has 0 bridgehead atoms. The molecule has 0 aromatic heterocycles. The van der Waals surface area contributed by atoms with Gasteiger partial charge in [-0.05, 0) is 101 Å². The Kier molecular flexibility index (Phi) is 12.9. The molecular weight excluding hydrogens is 1180 g/mol. The minimum Gasteiger partial charge on any atom is -0.736 e. The van der Waals surface area contributed by atoms with Crippen LogP contribution in [-0.2, 0) is 13.7 Å². The second kappa shape index (κ2) is 19.6. The van der Waals surface area contributed by atoms with Crippen molar-refractivity contribution >= 4 is 88.1 Å². The van der Waals surface area contributed by atoms with E-state index in [2.05, 4.69) is 0 Å². The van der Waals surface area contributed by atoms with Crippen LogP contribution < -0.4 is 41.8 Å². The molecule has 12 aromatic rings. The van der Waals surface area contributed by atoms with Crippen LogP contribution in [0.1, 0.15) is 0 Å². The first-order chi connectivity index (χ1) is 36.4. The SMILES string of the molecule is O=P1([O-])Oc2ccc3ccccc3c2-c2c(ccc3ccccc23)O1.O=P1([O-])Oc2ccc3ccccc3c2-c2c(ccc3ccccc23)O1.O=P1([O-])Oc2ccc3ccccc3c2-c2c(ccc3ccccc23)O1.[Yb+3]. The second-order valence-electron chi connectivity index (χ2n) is 17.8. The third-order valence-electron chi connectivity index (χ3n) is 13.4. The van der Waals surface area contributed by atoms with E-state index in [1.165, 1.54) is 0 Å². The third kappa shape index (κ3) is 9.14. The Balaban J connectivity index is 0.000000114. The Morgan fingerprint density at radius 2 is 0.368 bits per heavy atom. The molecule has 0 atom stereocenters. The van der Waals surface area contributed by atoms with Crippen LogP contribution in [0.15, 0.2) is 218 Å².